The van der Waals surface area contributed by atoms with Crippen LogP contribution in [-0.2, 0) is 32.7 Å². The van der Waals surface area contributed by atoms with Crippen molar-refractivity contribution in [1.29, 1.82) is 0 Å². The summed E-state index contributed by atoms with van der Waals surface area (Å²) in [5.41, 5.74) is 0. The first-order valence-corrected chi connectivity index (χ1v) is 28.8. The van der Waals surface area contributed by atoms with Gasteiger partial charge in [0, 0.05) is 23.8 Å². The fourth-order valence-electron chi connectivity index (χ4n) is 8.18. The predicted molar refractivity (Wildman–Crippen MR) is 268 cm³/mol. The Balaban J connectivity index is 0.0000224. The van der Waals surface area contributed by atoms with Gasteiger partial charge in [0.2, 0.25) is 0 Å². The standard InChI is InChI=1S/C51H92N3O10PS.Na/c1-3-5-7-9-11-13-15-17-19-21-23-25-27-29-31-37-48(56)61-41-44(64-49(57)38-32-30-28-26-24-22-20-18-16-14-12-10-8-6-4-2)42-63-65(59,60)62-40-39-52-47(55)36-34-33-35-46-50-45(43-66-46)53-51(58)54-50;/h17-20,44-46,50H,3-16,21-43H2,1-2H3,(H,52,55)(H,59,60)(H2,53,54,58);/q;+1/p-1/b19-17-,20-18-;/t44-,45+,46+,50+;/m1./s1. The number of esters is 2. The molecule has 0 aromatic rings. The number of hydrogen-bond donors (Lipinski definition) is 3. The summed E-state index contributed by atoms with van der Waals surface area (Å²) >= 11 is 1.83. The molecular weight excluding hydrogens is 901 g/mol. The summed E-state index contributed by atoms with van der Waals surface area (Å²) in [5.74, 6) is -0.349. The fourth-order valence-corrected chi connectivity index (χ4v) is 10.5. The molecule has 2 aliphatic heterocycles. The van der Waals surface area contributed by atoms with Gasteiger partial charge in [0.05, 0.1) is 31.8 Å². The minimum Gasteiger partial charge on any atom is -0.862 e. The van der Waals surface area contributed by atoms with Crippen molar-refractivity contribution in [3.63, 3.8) is 0 Å². The third kappa shape index (κ3) is 36.2. The van der Waals surface area contributed by atoms with Gasteiger partial charge in [-0.1, -0.05) is 147 Å². The van der Waals surface area contributed by atoms with Gasteiger partial charge in [0.1, 0.15) is 6.61 Å². The SMILES string of the molecule is CCCCCCCC/C=C\CCCCCCCC(=O)OC[C@H](COP(=O)(O)OCCN=C([O-])CCCC[C@@H]1SC[C@@H]2NC(=O)N[C@@H]21)OC(=O)CCCCCCC/C=C\CCCCCCCC.[Na+]. The van der Waals surface area contributed by atoms with Crippen LogP contribution in [0.25, 0.3) is 0 Å². The number of hydrogen-bond acceptors (Lipinski definition) is 11. The molecule has 5 atom stereocenters. The van der Waals surface area contributed by atoms with Crippen molar-refractivity contribution in [2.75, 3.05) is 32.1 Å². The summed E-state index contributed by atoms with van der Waals surface area (Å²) in [6.07, 6.45) is 41.1. The molecule has 2 heterocycles. The van der Waals surface area contributed by atoms with E-state index in [2.05, 4.69) is 53.8 Å². The Hall–Kier alpha value is -1.38. The topological polar surface area (TPSA) is 185 Å². The number of fused-ring (bicyclic) bond motifs is 1. The summed E-state index contributed by atoms with van der Waals surface area (Å²) < 4.78 is 33.9. The Morgan fingerprint density at radius 1 is 0.701 bits per heavy atom. The number of aliphatic imine (C=N–C) groups is 1. The van der Waals surface area contributed by atoms with E-state index in [4.69, 9.17) is 18.5 Å². The monoisotopic (exact) mass is 992 g/mol. The molecule has 0 aromatic carbocycles. The van der Waals surface area contributed by atoms with Gasteiger partial charge in [-0.3, -0.25) is 18.6 Å². The van der Waals surface area contributed by atoms with Gasteiger partial charge < -0.3 is 35.1 Å². The maximum absolute atomic E-state index is 12.8. The summed E-state index contributed by atoms with van der Waals surface area (Å²) in [6.45, 7) is 3.23. The number of phosphoric ester groups is 1. The van der Waals surface area contributed by atoms with E-state index in [1.165, 1.54) is 77.0 Å². The van der Waals surface area contributed by atoms with E-state index in [1.807, 2.05) is 11.8 Å². The Kier molecular flexibility index (Phi) is 41.2. The summed E-state index contributed by atoms with van der Waals surface area (Å²) in [7, 11) is -4.60. The van der Waals surface area contributed by atoms with Crippen molar-refractivity contribution < 1.29 is 77.0 Å². The van der Waals surface area contributed by atoms with E-state index in [0.717, 1.165) is 95.6 Å². The second-order valence-electron chi connectivity index (χ2n) is 18.2. The third-order valence-electron chi connectivity index (χ3n) is 12.1. The zero-order valence-corrected chi connectivity index (χ0v) is 45.9. The number of amides is 2. The Bertz CT molecular complexity index is 1410. The quantitative estimate of drug-likeness (QED) is 0.00773. The molecule has 2 rings (SSSR count). The van der Waals surface area contributed by atoms with Crippen molar-refractivity contribution in [3.05, 3.63) is 24.3 Å². The van der Waals surface area contributed by atoms with Crippen LogP contribution in [0.4, 0.5) is 4.79 Å². The van der Waals surface area contributed by atoms with E-state index in [1.54, 1.807) is 0 Å². The molecule has 1 unspecified atom stereocenters. The van der Waals surface area contributed by atoms with Crippen LogP contribution < -0.4 is 45.3 Å². The molecule has 16 heteroatoms. The largest absolute Gasteiger partial charge is 1.00 e. The number of unbranched alkanes of at least 4 members (excludes halogenated alkanes) is 23. The maximum atomic E-state index is 12.8. The van der Waals surface area contributed by atoms with Crippen LogP contribution in [0.5, 0.6) is 0 Å². The van der Waals surface area contributed by atoms with E-state index < -0.39 is 32.5 Å². The molecule has 3 N–H and O–H groups in total. The normalized spacial score (nSPS) is 18.4. The van der Waals surface area contributed by atoms with Gasteiger partial charge in [0.15, 0.2) is 6.10 Å². The minimum atomic E-state index is -4.60. The predicted octanol–water partition coefficient (Wildman–Crippen LogP) is 9.14. The zero-order chi connectivity index (χ0) is 47.8. The number of urea groups is 1. The average molecular weight is 992 g/mol. The molecular formula is C51H91N3NaO10PS. The van der Waals surface area contributed by atoms with Gasteiger partial charge in [-0.25, -0.2) is 9.36 Å². The van der Waals surface area contributed by atoms with Gasteiger partial charge in [-0.15, -0.1) is 0 Å². The molecule has 0 bridgehead atoms. The number of allylic oxidation sites excluding steroid dienone is 4. The molecule has 13 nitrogen and oxygen atoms in total. The van der Waals surface area contributed by atoms with Gasteiger partial charge in [-0.2, -0.15) is 11.8 Å². The number of nitrogens with one attached hydrogen (secondary N) is 2. The number of carbonyl (C=O) groups excluding carboxylic acids is 3. The molecule has 0 saturated carbocycles. The number of rotatable bonds is 45. The molecule has 2 amide bonds. The Morgan fingerprint density at radius 2 is 1.19 bits per heavy atom. The van der Waals surface area contributed by atoms with Crippen LogP contribution in [-0.4, -0.2) is 84.3 Å². The number of carbonyl (C=O) groups is 3. The van der Waals surface area contributed by atoms with E-state index >= 15 is 0 Å². The average Bonchev–Trinajstić information content (AvgIpc) is 3.86. The summed E-state index contributed by atoms with van der Waals surface area (Å²) in [5, 5.41) is 18.5. The molecule has 0 aromatic heterocycles. The molecule has 0 aliphatic carbocycles. The van der Waals surface area contributed by atoms with Crippen LogP contribution in [0.3, 0.4) is 0 Å². The number of phosphoric acid groups is 1. The minimum absolute atomic E-state index is 0. The summed E-state index contributed by atoms with van der Waals surface area (Å²) in [6, 6.07) is 0.174. The van der Waals surface area contributed by atoms with Gasteiger partial charge in [0.25, 0.3) is 0 Å². The Morgan fingerprint density at radius 3 is 1.75 bits per heavy atom. The first-order valence-electron chi connectivity index (χ1n) is 26.3. The van der Waals surface area contributed by atoms with E-state index in [9.17, 15) is 28.9 Å². The summed E-state index contributed by atoms with van der Waals surface area (Å²) in [4.78, 5) is 51.3. The zero-order valence-electron chi connectivity index (χ0n) is 42.2. The van der Waals surface area contributed by atoms with E-state index in [-0.39, 0.29) is 92.6 Å². The smallest absolute Gasteiger partial charge is 0.862 e. The van der Waals surface area contributed by atoms with Crippen LogP contribution in [0, 0.1) is 0 Å². The molecule has 0 spiro atoms. The molecule has 67 heavy (non-hydrogen) atoms. The van der Waals surface area contributed by atoms with Crippen LogP contribution in [0.1, 0.15) is 219 Å². The van der Waals surface area contributed by atoms with Crippen molar-refractivity contribution in [1.82, 2.24) is 10.6 Å². The molecule has 0 radical (unpaired) electrons. The molecule has 2 saturated heterocycles. The second-order valence-corrected chi connectivity index (χ2v) is 20.9. The number of thioether (sulfide) groups is 1. The molecule has 2 aliphatic rings. The van der Waals surface area contributed by atoms with Crippen LogP contribution in [0.2, 0.25) is 0 Å². The third-order valence-corrected chi connectivity index (χ3v) is 14.6. The van der Waals surface area contributed by atoms with Gasteiger partial charge in [-0.05, 0) is 89.4 Å². The molecule has 382 valence electrons. The second kappa shape index (κ2) is 43.4. The number of ether oxygens (including phenoxy) is 2. The number of nitrogens with zero attached hydrogens (tertiary/aromatic N) is 1. The van der Waals surface area contributed by atoms with Crippen molar-refractivity contribution in [3.8, 4) is 0 Å². The van der Waals surface area contributed by atoms with Crippen molar-refractivity contribution in [2.24, 2.45) is 4.99 Å². The van der Waals surface area contributed by atoms with Crippen LogP contribution >= 0.6 is 19.6 Å². The first-order chi connectivity index (χ1) is 32.1. The van der Waals surface area contributed by atoms with Gasteiger partial charge >= 0.3 is 55.3 Å². The van der Waals surface area contributed by atoms with E-state index in [0.29, 0.717) is 24.5 Å². The molecule has 2 fully saturated rings. The Labute approximate surface area is 432 Å². The fraction of sp³-hybridized carbons (Fsp3) is 0.843. The first kappa shape index (κ1) is 63.6. The van der Waals surface area contributed by atoms with Crippen LogP contribution in [0.15, 0.2) is 29.3 Å². The van der Waals surface area contributed by atoms with Crippen molar-refractivity contribution in [2.45, 2.75) is 243 Å². The maximum Gasteiger partial charge on any atom is 1.00 e. The van der Waals surface area contributed by atoms with Crippen molar-refractivity contribution >= 4 is 43.5 Å².